The van der Waals surface area contributed by atoms with Gasteiger partial charge >= 0.3 is 6.85 Å². The van der Waals surface area contributed by atoms with Crippen LogP contribution in [0.25, 0.3) is 66.1 Å². The molecule has 316 valence electrons. The van der Waals surface area contributed by atoms with Crippen LogP contribution in [-0.4, -0.2) is 6.85 Å². The molecule has 3 aliphatic rings. The van der Waals surface area contributed by atoms with Crippen LogP contribution in [0.5, 0.6) is 0 Å². The molecule has 0 spiro atoms. The number of nitrogens with zero attached hydrogens (tertiary/aromatic N) is 2. The quantitative estimate of drug-likeness (QED) is 0.156. The number of anilines is 5. The molecule has 0 unspecified atom stereocenters. The molecule has 4 heterocycles. The summed E-state index contributed by atoms with van der Waals surface area (Å²) in [5, 5.41) is 4.59. The molecule has 0 saturated heterocycles. The maximum atomic E-state index is 7.09. The Morgan fingerprint density at radius 2 is 1.18 bits per heavy atom. The van der Waals surface area contributed by atoms with Crippen molar-refractivity contribution in [3.63, 3.8) is 0 Å². The van der Waals surface area contributed by atoms with E-state index in [0.29, 0.717) is 0 Å². The van der Waals surface area contributed by atoms with Crippen molar-refractivity contribution in [3.8, 4) is 22.3 Å². The zero-order chi connectivity index (χ0) is 43.8. The first-order valence-corrected chi connectivity index (χ1v) is 23.6. The van der Waals surface area contributed by atoms with E-state index in [-0.39, 0.29) is 17.7 Å². The highest BCUT2D eigenvalue weighted by molar-refractivity contribution is 6.94. The van der Waals surface area contributed by atoms with Gasteiger partial charge in [0.25, 0.3) is 0 Å². The predicted octanol–water partition coefficient (Wildman–Crippen LogP) is 15.6. The van der Waals surface area contributed by atoms with Crippen molar-refractivity contribution in [3.05, 3.63) is 174 Å². The number of fused-ring (bicyclic) bond motifs is 12. The largest absolute Gasteiger partial charge is 0.456 e. The molecule has 13 rings (SSSR count). The lowest BCUT2D eigenvalue weighted by Gasteiger charge is -2.45. The number of rotatable bonds is 6. The molecule has 0 fully saturated rings. The van der Waals surface area contributed by atoms with E-state index in [9.17, 15) is 0 Å². The third-order valence-electron chi connectivity index (χ3n) is 15.3. The molecule has 0 atom stereocenters. The summed E-state index contributed by atoms with van der Waals surface area (Å²) < 4.78 is 14.1. The first kappa shape index (κ1) is 38.5. The first-order valence-electron chi connectivity index (χ1n) is 23.6. The number of hydrogen-bond acceptors (Lipinski definition) is 4. The molecule has 8 aromatic carbocycles. The van der Waals surface area contributed by atoms with E-state index in [1.807, 2.05) is 0 Å². The van der Waals surface area contributed by atoms with Gasteiger partial charge < -0.3 is 18.5 Å². The average molecular weight is 843 g/mol. The Balaban J connectivity index is 1.14. The molecule has 65 heavy (non-hydrogen) atoms. The Kier molecular flexibility index (Phi) is 8.29. The molecule has 0 saturated carbocycles. The molecule has 4 nitrogen and oxygen atoms in total. The molecule has 2 aliphatic heterocycles. The van der Waals surface area contributed by atoms with Crippen LogP contribution >= 0.6 is 0 Å². The van der Waals surface area contributed by atoms with Crippen molar-refractivity contribution < 1.29 is 8.83 Å². The van der Waals surface area contributed by atoms with E-state index in [4.69, 9.17) is 8.83 Å². The van der Waals surface area contributed by atoms with Crippen LogP contribution in [0.4, 0.5) is 28.4 Å². The molecule has 1 aliphatic carbocycles. The summed E-state index contributed by atoms with van der Waals surface area (Å²) in [5.74, 6) is 0. The third-order valence-corrected chi connectivity index (χ3v) is 15.3. The van der Waals surface area contributed by atoms with E-state index in [1.54, 1.807) is 0 Å². The van der Waals surface area contributed by atoms with Gasteiger partial charge in [0, 0.05) is 55.9 Å². The van der Waals surface area contributed by atoms with Crippen LogP contribution in [0.3, 0.4) is 0 Å². The zero-order valence-corrected chi connectivity index (χ0v) is 37.8. The summed E-state index contributed by atoms with van der Waals surface area (Å²) in [5.41, 5.74) is 21.0. The van der Waals surface area contributed by atoms with Gasteiger partial charge in [0.2, 0.25) is 0 Å². The van der Waals surface area contributed by atoms with Crippen LogP contribution in [0.1, 0.15) is 77.0 Å². The standard InChI is InChI=1S/C60H51BN2O2/c1-6-7-15-37-22-26-40(27-23-37)62-51-20-13-12-19-50(51)61-56-46(33-47-42-18-11-14-21-53(42)65-58(47)57(56)62)43-32-44-45-34-48-49(60(4,5)31-30-59(48,2)3)35-54(45)64-55(44)36-52(43)63(61)41-28-24-39(25-29-41)38-16-9-8-10-17-38/h8-14,16-29,32-36H,6-7,15,30-31H2,1-5H3. The van der Waals surface area contributed by atoms with Crippen LogP contribution in [-0.2, 0) is 17.3 Å². The predicted molar refractivity (Wildman–Crippen MR) is 274 cm³/mol. The Labute approximate surface area is 381 Å². The van der Waals surface area contributed by atoms with Crippen LogP contribution in [0.15, 0.2) is 167 Å². The van der Waals surface area contributed by atoms with Gasteiger partial charge in [0.1, 0.15) is 16.7 Å². The lowest BCUT2D eigenvalue weighted by atomic mass is 9.43. The van der Waals surface area contributed by atoms with Gasteiger partial charge in [0.05, 0.1) is 5.69 Å². The van der Waals surface area contributed by atoms with Gasteiger partial charge in [-0.1, -0.05) is 132 Å². The highest BCUT2D eigenvalue weighted by Gasteiger charge is 2.47. The first-order chi connectivity index (χ1) is 31.7. The van der Waals surface area contributed by atoms with Crippen LogP contribution in [0, 0.1) is 0 Å². The fourth-order valence-corrected chi connectivity index (χ4v) is 11.7. The van der Waals surface area contributed by atoms with Crippen LogP contribution < -0.4 is 20.6 Å². The number of hydrogen-bond donors (Lipinski definition) is 0. The van der Waals surface area contributed by atoms with E-state index in [1.165, 1.54) is 68.1 Å². The molecule has 2 aromatic heterocycles. The lowest BCUT2D eigenvalue weighted by molar-refractivity contribution is 0.332. The highest BCUT2D eigenvalue weighted by Crippen LogP contribution is 2.53. The van der Waals surface area contributed by atoms with Crippen molar-refractivity contribution in [2.75, 3.05) is 9.71 Å². The van der Waals surface area contributed by atoms with Crippen molar-refractivity contribution in [2.45, 2.75) is 77.6 Å². The molecule has 0 radical (unpaired) electrons. The molecule has 0 N–H and O–H groups in total. The topological polar surface area (TPSA) is 32.8 Å². The minimum Gasteiger partial charge on any atom is -0.456 e. The van der Waals surface area contributed by atoms with Gasteiger partial charge in [-0.2, -0.15) is 0 Å². The Bertz CT molecular complexity index is 3540. The minimum atomic E-state index is -0.167. The van der Waals surface area contributed by atoms with Gasteiger partial charge in [-0.05, 0) is 141 Å². The third kappa shape index (κ3) is 5.70. The van der Waals surface area contributed by atoms with Crippen LogP contribution in [0.2, 0.25) is 0 Å². The fraction of sp³-hybridized carbons (Fsp3) is 0.200. The summed E-state index contributed by atoms with van der Waals surface area (Å²) in [6.45, 7) is 11.7. The lowest BCUT2D eigenvalue weighted by Crippen LogP contribution is -2.61. The van der Waals surface area contributed by atoms with Gasteiger partial charge in [-0.3, -0.25) is 0 Å². The SMILES string of the molecule is CCCCc1ccc(N2c3ccccc3B3c4c(cc5c(oc6ccccc65)c42)-c2cc4c(cc2N3c2ccc(-c3ccccc3)cc2)oc2cc3c(cc24)C(C)(C)CCC3(C)C)cc1. The highest BCUT2D eigenvalue weighted by atomic mass is 16.3. The maximum Gasteiger partial charge on any atom is 0.333 e. The van der Waals surface area contributed by atoms with E-state index >= 15 is 0 Å². The number of aryl methyl sites for hydroxylation is 1. The zero-order valence-electron chi connectivity index (χ0n) is 37.8. The second-order valence-corrected chi connectivity index (χ2v) is 20.1. The van der Waals surface area contributed by atoms with E-state index < -0.39 is 0 Å². The average Bonchev–Trinajstić information content (AvgIpc) is 3.89. The molecular weight excluding hydrogens is 791 g/mol. The summed E-state index contributed by atoms with van der Waals surface area (Å²) >= 11 is 0. The monoisotopic (exact) mass is 842 g/mol. The maximum absolute atomic E-state index is 7.09. The Morgan fingerprint density at radius 1 is 0.538 bits per heavy atom. The number of benzene rings is 8. The van der Waals surface area contributed by atoms with Crippen molar-refractivity contribution in [1.82, 2.24) is 0 Å². The van der Waals surface area contributed by atoms with Crippen molar-refractivity contribution in [1.29, 1.82) is 0 Å². The summed E-state index contributed by atoms with van der Waals surface area (Å²) in [4.78, 5) is 5.07. The molecule has 0 amide bonds. The Hall–Kier alpha value is -6.98. The number of para-hydroxylation sites is 2. The van der Waals surface area contributed by atoms with E-state index in [0.717, 1.165) is 86.2 Å². The van der Waals surface area contributed by atoms with Gasteiger partial charge in [-0.25, -0.2) is 0 Å². The molecule has 5 heteroatoms. The smallest absolute Gasteiger partial charge is 0.333 e. The molecule has 0 bridgehead atoms. The number of furan rings is 2. The molecule has 10 aromatic rings. The summed E-state index contributed by atoms with van der Waals surface area (Å²) in [6, 6.07) is 58.7. The second-order valence-electron chi connectivity index (χ2n) is 20.1. The summed E-state index contributed by atoms with van der Waals surface area (Å²) in [7, 11) is 0. The normalized spacial score (nSPS) is 15.7. The second kappa shape index (κ2) is 14.0. The van der Waals surface area contributed by atoms with Crippen molar-refractivity contribution >= 4 is 90.1 Å². The summed E-state index contributed by atoms with van der Waals surface area (Å²) in [6.07, 6.45) is 5.75. The van der Waals surface area contributed by atoms with Gasteiger partial charge in [0.15, 0.2) is 5.58 Å². The van der Waals surface area contributed by atoms with Gasteiger partial charge in [-0.15, -0.1) is 0 Å². The van der Waals surface area contributed by atoms with E-state index in [2.05, 4.69) is 202 Å². The number of unbranched alkanes of at least 4 members (excludes halogenated alkanes) is 1. The van der Waals surface area contributed by atoms with Crippen molar-refractivity contribution in [2.24, 2.45) is 0 Å². The minimum absolute atomic E-state index is 0.0737. The fourth-order valence-electron chi connectivity index (χ4n) is 11.7. The molecular formula is C60H51BN2O2. The Morgan fingerprint density at radius 3 is 1.97 bits per heavy atom.